The standard InChI is InChI=1S/C18H22N2O5S/c1-2-26(22,23)20-9-16(15-5-3-4-6-17(15)20)18(21)25-14-7-12-10-24-11-13(8-14)19-12/h3-6,9,12-14,19H,2,7-8,10-11H2,1H3/t12-,13+,14-. The maximum absolute atomic E-state index is 12.8. The van der Waals surface area contributed by atoms with Crippen LogP contribution in [0.1, 0.15) is 30.1 Å². The average molecular weight is 378 g/mol. The molecule has 0 aliphatic carbocycles. The third-order valence-electron chi connectivity index (χ3n) is 5.04. The van der Waals surface area contributed by atoms with Gasteiger partial charge in [-0.25, -0.2) is 17.2 Å². The summed E-state index contributed by atoms with van der Waals surface area (Å²) in [6, 6.07) is 7.38. The van der Waals surface area contributed by atoms with Crippen molar-refractivity contribution in [2.75, 3.05) is 19.0 Å². The van der Waals surface area contributed by atoms with Crippen LogP contribution in [0.2, 0.25) is 0 Å². The monoisotopic (exact) mass is 378 g/mol. The highest BCUT2D eigenvalue weighted by Gasteiger charge is 2.34. The minimum absolute atomic E-state index is 0.0438. The molecule has 2 aromatic rings. The van der Waals surface area contributed by atoms with E-state index in [9.17, 15) is 13.2 Å². The zero-order valence-corrected chi connectivity index (χ0v) is 15.4. The molecular weight excluding hydrogens is 356 g/mol. The van der Waals surface area contributed by atoms with Crippen LogP contribution >= 0.6 is 0 Å². The van der Waals surface area contributed by atoms with Crippen LogP contribution in [0.25, 0.3) is 10.9 Å². The van der Waals surface area contributed by atoms with E-state index in [0.717, 1.165) is 0 Å². The summed E-state index contributed by atoms with van der Waals surface area (Å²) in [6.07, 6.45) is 2.60. The van der Waals surface area contributed by atoms with Crippen LogP contribution in [0, 0.1) is 0 Å². The van der Waals surface area contributed by atoms with Crippen LogP contribution in [-0.4, -0.2) is 55.5 Å². The van der Waals surface area contributed by atoms with Crippen molar-refractivity contribution in [3.05, 3.63) is 36.0 Å². The lowest BCUT2D eigenvalue weighted by molar-refractivity contribution is -0.0339. The molecule has 26 heavy (non-hydrogen) atoms. The van der Waals surface area contributed by atoms with Gasteiger partial charge in [0.05, 0.1) is 30.0 Å². The number of nitrogens with one attached hydrogen (secondary N) is 1. The Bertz CT molecular complexity index is 924. The number of nitrogens with zero attached hydrogens (tertiary/aromatic N) is 1. The Hall–Kier alpha value is -1.90. The molecule has 4 rings (SSSR count). The second-order valence-corrected chi connectivity index (χ2v) is 8.99. The number of hydrogen-bond acceptors (Lipinski definition) is 6. The molecule has 2 bridgehead atoms. The van der Waals surface area contributed by atoms with Crippen molar-refractivity contribution in [2.24, 2.45) is 0 Å². The Morgan fingerprint density at radius 3 is 2.65 bits per heavy atom. The first-order valence-electron chi connectivity index (χ1n) is 8.86. The fourth-order valence-corrected chi connectivity index (χ4v) is 4.78. The van der Waals surface area contributed by atoms with Crippen LogP contribution in [0.4, 0.5) is 0 Å². The maximum Gasteiger partial charge on any atom is 0.340 e. The molecule has 1 N–H and O–H groups in total. The van der Waals surface area contributed by atoms with E-state index in [2.05, 4.69) is 5.32 Å². The van der Waals surface area contributed by atoms with Crippen LogP contribution in [0.5, 0.6) is 0 Å². The summed E-state index contributed by atoms with van der Waals surface area (Å²) in [6.45, 7) is 2.83. The molecule has 3 atom stereocenters. The molecule has 0 saturated carbocycles. The van der Waals surface area contributed by atoms with E-state index < -0.39 is 16.0 Å². The van der Waals surface area contributed by atoms with Gasteiger partial charge >= 0.3 is 5.97 Å². The van der Waals surface area contributed by atoms with Crippen LogP contribution in [-0.2, 0) is 19.5 Å². The predicted octanol–water partition coefficient (Wildman–Crippen LogP) is 1.52. The van der Waals surface area contributed by atoms with Crippen LogP contribution in [0.15, 0.2) is 30.5 Å². The maximum atomic E-state index is 12.8. The molecule has 2 fully saturated rings. The summed E-state index contributed by atoms with van der Waals surface area (Å²) in [4.78, 5) is 12.8. The Morgan fingerprint density at radius 1 is 1.27 bits per heavy atom. The highest BCUT2D eigenvalue weighted by atomic mass is 32.2. The number of benzene rings is 1. The minimum Gasteiger partial charge on any atom is -0.459 e. The van der Waals surface area contributed by atoms with Crippen molar-refractivity contribution in [3.8, 4) is 0 Å². The molecular formula is C18H22N2O5S. The Kier molecular flexibility index (Phi) is 4.50. The van der Waals surface area contributed by atoms with Gasteiger partial charge in [0.15, 0.2) is 0 Å². The first kappa shape index (κ1) is 17.5. The molecule has 1 aromatic carbocycles. The van der Waals surface area contributed by atoms with Gasteiger partial charge in [-0.15, -0.1) is 0 Å². The topological polar surface area (TPSA) is 86.6 Å². The first-order chi connectivity index (χ1) is 12.5. The molecule has 2 aliphatic heterocycles. The van der Waals surface area contributed by atoms with Gasteiger partial charge in [0.1, 0.15) is 6.10 Å². The lowest BCUT2D eigenvalue weighted by Crippen LogP contribution is -2.56. The fraction of sp³-hybridized carbons (Fsp3) is 0.500. The summed E-state index contributed by atoms with van der Waals surface area (Å²) in [5.41, 5.74) is 0.787. The van der Waals surface area contributed by atoms with E-state index in [0.29, 0.717) is 37.0 Å². The van der Waals surface area contributed by atoms with Crippen molar-refractivity contribution >= 4 is 26.9 Å². The van der Waals surface area contributed by atoms with E-state index in [1.165, 1.54) is 10.2 Å². The Labute approximate surface area is 152 Å². The summed E-state index contributed by atoms with van der Waals surface area (Å²) in [5.74, 6) is -0.519. The van der Waals surface area contributed by atoms with Gasteiger partial charge in [-0.1, -0.05) is 18.2 Å². The molecule has 0 unspecified atom stereocenters. The number of fused-ring (bicyclic) bond motifs is 3. The van der Waals surface area contributed by atoms with E-state index in [-0.39, 0.29) is 29.5 Å². The van der Waals surface area contributed by atoms with Crippen molar-refractivity contribution < 1.29 is 22.7 Å². The number of piperidine rings is 1. The number of para-hydroxylation sites is 1. The number of hydrogen-bond donors (Lipinski definition) is 1. The van der Waals surface area contributed by atoms with Gasteiger partial charge in [-0.05, 0) is 13.0 Å². The normalized spacial score (nSPS) is 26.0. The number of ether oxygens (including phenoxy) is 2. The fourth-order valence-electron chi connectivity index (χ4n) is 3.78. The molecule has 0 radical (unpaired) electrons. The van der Waals surface area contributed by atoms with E-state index in [4.69, 9.17) is 9.47 Å². The molecule has 2 saturated heterocycles. The number of rotatable bonds is 4. The van der Waals surface area contributed by atoms with Crippen molar-refractivity contribution in [1.82, 2.24) is 9.29 Å². The Balaban J connectivity index is 1.63. The molecule has 3 heterocycles. The van der Waals surface area contributed by atoms with Gasteiger partial charge in [0.25, 0.3) is 0 Å². The van der Waals surface area contributed by atoms with Gasteiger partial charge in [0.2, 0.25) is 10.0 Å². The second kappa shape index (κ2) is 6.68. The molecule has 8 heteroatoms. The highest BCUT2D eigenvalue weighted by molar-refractivity contribution is 7.90. The smallest absolute Gasteiger partial charge is 0.340 e. The van der Waals surface area contributed by atoms with Crippen LogP contribution in [0.3, 0.4) is 0 Å². The lowest BCUT2D eigenvalue weighted by atomic mass is 9.94. The number of carbonyl (C=O) groups excluding carboxylic acids is 1. The third kappa shape index (κ3) is 3.13. The molecule has 0 spiro atoms. The zero-order valence-electron chi connectivity index (χ0n) is 14.6. The van der Waals surface area contributed by atoms with E-state index >= 15 is 0 Å². The van der Waals surface area contributed by atoms with Crippen molar-refractivity contribution in [3.63, 3.8) is 0 Å². The number of esters is 1. The largest absolute Gasteiger partial charge is 0.459 e. The minimum atomic E-state index is -3.50. The SMILES string of the molecule is CCS(=O)(=O)n1cc(C(=O)O[C@H]2C[C@H]3COC[C@@H](C2)N3)c2ccccc21. The molecule has 140 valence electrons. The van der Waals surface area contributed by atoms with Crippen molar-refractivity contribution in [1.29, 1.82) is 0 Å². The number of aromatic nitrogens is 1. The quantitative estimate of drug-likeness (QED) is 0.812. The second-order valence-electron chi connectivity index (χ2n) is 6.85. The zero-order chi connectivity index (χ0) is 18.3. The van der Waals surface area contributed by atoms with Gasteiger partial charge < -0.3 is 14.8 Å². The van der Waals surface area contributed by atoms with Gasteiger partial charge in [0, 0.05) is 36.5 Å². The van der Waals surface area contributed by atoms with E-state index in [1.54, 1.807) is 31.2 Å². The summed E-state index contributed by atoms with van der Waals surface area (Å²) in [5, 5.41) is 4.05. The number of morpholine rings is 1. The molecule has 0 amide bonds. The first-order valence-corrected chi connectivity index (χ1v) is 10.5. The lowest BCUT2D eigenvalue weighted by Gasteiger charge is -2.39. The van der Waals surface area contributed by atoms with Gasteiger partial charge in [-0.2, -0.15) is 0 Å². The average Bonchev–Trinajstić information content (AvgIpc) is 3.02. The predicted molar refractivity (Wildman–Crippen MR) is 96.8 cm³/mol. The summed E-state index contributed by atoms with van der Waals surface area (Å²) >= 11 is 0. The highest BCUT2D eigenvalue weighted by Crippen LogP contribution is 2.27. The summed E-state index contributed by atoms with van der Waals surface area (Å²) in [7, 11) is -3.50. The molecule has 2 aliphatic rings. The molecule has 1 aromatic heterocycles. The van der Waals surface area contributed by atoms with Gasteiger partial charge in [-0.3, -0.25) is 0 Å². The van der Waals surface area contributed by atoms with Crippen molar-refractivity contribution in [2.45, 2.75) is 38.0 Å². The summed E-state index contributed by atoms with van der Waals surface area (Å²) < 4.78 is 37.2. The third-order valence-corrected chi connectivity index (χ3v) is 6.67. The molecule has 7 nitrogen and oxygen atoms in total. The number of carbonyl (C=O) groups is 1. The Morgan fingerprint density at radius 2 is 1.96 bits per heavy atom. The van der Waals surface area contributed by atoms with E-state index in [1.807, 2.05) is 0 Å². The van der Waals surface area contributed by atoms with Crippen LogP contribution < -0.4 is 5.32 Å².